The van der Waals surface area contributed by atoms with Gasteiger partial charge in [0.1, 0.15) is 5.82 Å². The topological polar surface area (TPSA) is 90.0 Å². The highest BCUT2D eigenvalue weighted by atomic mass is 16.1. The molecule has 4 aromatic rings. The van der Waals surface area contributed by atoms with Gasteiger partial charge in [-0.15, -0.1) is 0 Å². The van der Waals surface area contributed by atoms with E-state index >= 15 is 0 Å². The van der Waals surface area contributed by atoms with E-state index < -0.39 is 0 Å². The van der Waals surface area contributed by atoms with Crippen molar-refractivity contribution in [1.29, 1.82) is 0 Å². The van der Waals surface area contributed by atoms with Gasteiger partial charge in [-0.1, -0.05) is 6.07 Å². The fourth-order valence-corrected chi connectivity index (χ4v) is 4.88. The second kappa shape index (κ2) is 9.46. The lowest BCUT2D eigenvalue weighted by atomic mass is 10.0. The summed E-state index contributed by atoms with van der Waals surface area (Å²) in [5.41, 5.74) is 5.19. The summed E-state index contributed by atoms with van der Waals surface area (Å²) < 4.78 is 0. The van der Waals surface area contributed by atoms with Crippen molar-refractivity contribution in [2.45, 2.75) is 32.2 Å². The van der Waals surface area contributed by atoms with E-state index in [-0.39, 0.29) is 5.91 Å². The zero-order valence-corrected chi connectivity index (χ0v) is 19.7. The fourth-order valence-electron chi connectivity index (χ4n) is 4.88. The van der Waals surface area contributed by atoms with Gasteiger partial charge in [0.2, 0.25) is 0 Å². The van der Waals surface area contributed by atoms with E-state index in [1.807, 2.05) is 42.7 Å². The van der Waals surface area contributed by atoms with Crippen molar-refractivity contribution in [3.8, 4) is 11.1 Å². The molecule has 2 N–H and O–H groups in total. The number of rotatable bonds is 6. The molecule has 3 aromatic heterocycles. The normalized spacial score (nSPS) is 16.3. The van der Waals surface area contributed by atoms with Gasteiger partial charge in [0.25, 0.3) is 5.91 Å². The molecule has 178 valence electrons. The number of anilines is 2. The third kappa shape index (κ3) is 4.61. The van der Waals surface area contributed by atoms with Crippen molar-refractivity contribution in [1.82, 2.24) is 25.1 Å². The molecule has 0 spiro atoms. The number of carbonyl (C=O) groups is 1. The molecule has 1 amide bonds. The second-order valence-corrected chi connectivity index (χ2v) is 9.45. The second-order valence-electron chi connectivity index (χ2n) is 9.45. The largest absolute Gasteiger partial charge is 0.357 e. The lowest BCUT2D eigenvalue weighted by Crippen LogP contribution is -2.36. The lowest BCUT2D eigenvalue weighted by molar-refractivity contribution is 0.102. The molecule has 8 heteroatoms. The summed E-state index contributed by atoms with van der Waals surface area (Å²) in [6.07, 6.45) is 10.4. The molecule has 0 aliphatic carbocycles. The molecule has 2 saturated heterocycles. The summed E-state index contributed by atoms with van der Waals surface area (Å²) in [7, 11) is 0. The number of benzene rings is 1. The van der Waals surface area contributed by atoms with Crippen LogP contribution >= 0.6 is 0 Å². The number of carbonyl (C=O) groups excluding carboxylic acids is 1. The Labute approximate surface area is 204 Å². The van der Waals surface area contributed by atoms with Crippen LogP contribution in [-0.4, -0.2) is 57.2 Å². The maximum Gasteiger partial charge on any atom is 0.276 e. The van der Waals surface area contributed by atoms with Gasteiger partial charge in [-0.05, 0) is 74.2 Å². The number of nitrogens with zero attached hydrogens (tertiary/aromatic N) is 5. The number of H-pyrrole nitrogens is 1. The maximum absolute atomic E-state index is 13.2. The van der Waals surface area contributed by atoms with Crippen molar-refractivity contribution in [2.24, 2.45) is 0 Å². The molecule has 2 fully saturated rings. The van der Waals surface area contributed by atoms with Gasteiger partial charge in [-0.25, -0.2) is 4.98 Å². The Balaban J connectivity index is 1.24. The SMILES string of the molecule is O=C(Nc1ccnc(N2CCCCC2)c1)c1n[nH]c2ccc(-c3cncc(CN4CCC4)c3)cc12. The minimum absolute atomic E-state index is 0.242. The highest BCUT2D eigenvalue weighted by Gasteiger charge is 2.18. The molecular weight excluding hydrogens is 438 g/mol. The molecule has 0 radical (unpaired) electrons. The van der Waals surface area contributed by atoms with Crippen LogP contribution in [0.3, 0.4) is 0 Å². The van der Waals surface area contributed by atoms with Gasteiger partial charge in [-0.3, -0.25) is 19.8 Å². The summed E-state index contributed by atoms with van der Waals surface area (Å²) in [5.74, 6) is 0.663. The highest BCUT2D eigenvalue weighted by molar-refractivity contribution is 6.11. The van der Waals surface area contributed by atoms with E-state index in [2.05, 4.69) is 41.3 Å². The van der Waals surface area contributed by atoms with Crippen molar-refractivity contribution in [3.63, 3.8) is 0 Å². The number of hydrogen-bond donors (Lipinski definition) is 2. The number of nitrogens with one attached hydrogen (secondary N) is 2. The maximum atomic E-state index is 13.2. The van der Waals surface area contributed by atoms with Gasteiger partial charge in [0, 0.05) is 60.9 Å². The third-order valence-electron chi connectivity index (χ3n) is 6.94. The van der Waals surface area contributed by atoms with Gasteiger partial charge >= 0.3 is 0 Å². The number of pyridine rings is 2. The standard InChI is InChI=1S/C27H29N7O/c35-27(30-22-7-8-29-25(15-22)34-11-2-1-3-12-34)26-23-14-20(5-6-24(23)31-32-26)21-13-19(16-28-17-21)18-33-9-4-10-33/h5-8,13-17H,1-4,9-12,18H2,(H,31,32)(H,29,30,35). The number of hydrogen-bond acceptors (Lipinski definition) is 6. The van der Waals surface area contributed by atoms with Gasteiger partial charge in [-0.2, -0.15) is 5.10 Å². The quantitative estimate of drug-likeness (QED) is 0.435. The Morgan fingerprint density at radius 2 is 1.83 bits per heavy atom. The van der Waals surface area contributed by atoms with Crippen LogP contribution in [-0.2, 0) is 6.54 Å². The first-order chi connectivity index (χ1) is 17.2. The molecule has 0 unspecified atom stereocenters. The number of piperidine rings is 1. The van der Waals surface area contributed by atoms with Crippen LogP contribution in [0, 0.1) is 0 Å². The average molecular weight is 468 g/mol. The van der Waals surface area contributed by atoms with E-state index in [0.717, 1.165) is 66.3 Å². The first-order valence-corrected chi connectivity index (χ1v) is 12.4. The number of likely N-dealkylation sites (tertiary alicyclic amines) is 1. The molecule has 35 heavy (non-hydrogen) atoms. The molecule has 8 nitrogen and oxygen atoms in total. The van der Waals surface area contributed by atoms with E-state index in [1.54, 1.807) is 6.20 Å². The Morgan fingerprint density at radius 3 is 2.66 bits per heavy atom. The van der Waals surface area contributed by atoms with Crippen molar-refractivity contribution < 1.29 is 4.79 Å². The minimum atomic E-state index is -0.242. The van der Waals surface area contributed by atoms with Crippen molar-refractivity contribution in [3.05, 3.63) is 66.2 Å². The van der Waals surface area contributed by atoms with E-state index in [0.29, 0.717) is 5.69 Å². The summed E-state index contributed by atoms with van der Waals surface area (Å²) in [4.78, 5) is 26.9. The third-order valence-corrected chi connectivity index (χ3v) is 6.94. The summed E-state index contributed by atoms with van der Waals surface area (Å²) in [6.45, 7) is 5.24. The van der Waals surface area contributed by atoms with Crippen molar-refractivity contribution in [2.75, 3.05) is 36.4 Å². The Morgan fingerprint density at radius 1 is 0.943 bits per heavy atom. The molecule has 5 heterocycles. The van der Waals surface area contributed by atoms with Crippen LogP contribution in [0.25, 0.3) is 22.0 Å². The average Bonchev–Trinajstić information content (AvgIpc) is 3.31. The molecule has 0 atom stereocenters. The van der Waals surface area contributed by atoms with E-state index in [9.17, 15) is 4.79 Å². The van der Waals surface area contributed by atoms with Crippen LogP contribution in [0.4, 0.5) is 11.5 Å². The Hall–Kier alpha value is -3.78. The molecule has 6 rings (SSSR count). The van der Waals surface area contributed by atoms with Crippen LogP contribution in [0.1, 0.15) is 41.7 Å². The monoisotopic (exact) mass is 467 g/mol. The molecule has 2 aliphatic rings. The summed E-state index contributed by atoms with van der Waals surface area (Å²) in [5, 5.41) is 11.1. The van der Waals surface area contributed by atoms with Gasteiger partial charge < -0.3 is 10.2 Å². The molecule has 1 aromatic carbocycles. The zero-order valence-electron chi connectivity index (χ0n) is 19.7. The fraction of sp³-hybridized carbons (Fsp3) is 0.333. The summed E-state index contributed by atoms with van der Waals surface area (Å²) in [6, 6.07) is 12.0. The van der Waals surface area contributed by atoms with Crippen LogP contribution in [0.5, 0.6) is 0 Å². The molecule has 2 aliphatic heterocycles. The van der Waals surface area contributed by atoms with Gasteiger partial charge in [0.15, 0.2) is 5.69 Å². The Kier molecular flexibility index (Phi) is 5.88. The van der Waals surface area contributed by atoms with E-state index in [4.69, 9.17) is 0 Å². The predicted octanol–water partition coefficient (Wildman–Crippen LogP) is 4.47. The first-order valence-electron chi connectivity index (χ1n) is 12.4. The van der Waals surface area contributed by atoms with Gasteiger partial charge in [0.05, 0.1) is 5.52 Å². The first kappa shape index (κ1) is 21.7. The smallest absolute Gasteiger partial charge is 0.276 e. The number of fused-ring (bicyclic) bond motifs is 1. The predicted molar refractivity (Wildman–Crippen MR) is 137 cm³/mol. The number of aromatic nitrogens is 4. The van der Waals surface area contributed by atoms with E-state index in [1.165, 1.54) is 31.2 Å². The Bertz CT molecular complexity index is 1350. The summed E-state index contributed by atoms with van der Waals surface area (Å²) >= 11 is 0. The molecular formula is C27H29N7O. The van der Waals surface area contributed by atoms with Crippen LogP contribution in [0.2, 0.25) is 0 Å². The lowest BCUT2D eigenvalue weighted by Gasteiger charge is -2.30. The zero-order chi connectivity index (χ0) is 23.6. The molecule has 0 saturated carbocycles. The van der Waals surface area contributed by atoms with Crippen molar-refractivity contribution >= 4 is 28.3 Å². The van der Waals surface area contributed by atoms with Crippen LogP contribution < -0.4 is 10.2 Å². The number of amides is 1. The minimum Gasteiger partial charge on any atom is -0.357 e. The van der Waals surface area contributed by atoms with Crippen LogP contribution in [0.15, 0.2) is 55.0 Å². The molecule has 0 bridgehead atoms. The highest BCUT2D eigenvalue weighted by Crippen LogP contribution is 2.27. The number of aromatic amines is 1.